The third-order valence-corrected chi connectivity index (χ3v) is 5.02. The summed E-state index contributed by atoms with van der Waals surface area (Å²) < 4.78 is 38.8. The first-order valence-corrected chi connectivity index (χ1v) is 9.25. The lowest BCUT2D eigenvalue weighted by Crippen LogP contribution is -2.33. The normalized spacial score (nSPS) is 17.4. The zero-order chi connectivity index (χ0) is 19.4. The van der Waals surface area contributed by atoms with Gasteiger partial charge in [0.2, 0.25) is 0 Å². The van der Waals surface area contributed by atoms with E-state index in [4.69, 9.17) is 0 Å². The fourth-order valence-electron chi connectivity index (χ4n) is 3.55. The third kappa shape index (κ3) is 4.82. The number of hydrogen-bond donors (Lipinski definition) is 1. The van der Waals surface area contributed by atoms with E-state index < -0.39 is 11.7 Å². The van der Waals surface area contributed by atoms with E-state index in [0.29, 0.717) is 0 Å². The van der Waals surface area contributed by atoms with Crippen LogP contribution in [-0.2, 0) is 6.18 Å². The Labute approximate surface area is 158 Å². The Morgan fingerprint density at radius 1 is 0.889 bits per heavy atom. The Kier molecular flexibility index (Phi) is 6.07. The molecule has 2 aromatic rings. The zero-order valence-corrected chi connectivity index (χ0v) is 15.8. The lowest BCUT2D eigenvalue weighted by atomic mass is 9.95. The molecule has 1 unspecified atom stereocenters. The van der Waals surface area contributed by atoms with Crippen LogP contribution < -0.4 is 10.2 Å². The highest BCUT2D eigenvalue weighted by Gasteiger charge is 2.31. The number of halogens is 3. The van der Waals surface area contributed by atoms with E-state index in [1.807, 2.05) is 19.0 Å². The zero-order valence-electron chi connectivity index (χ0n) is 15.8. The van der Waals surface area contributed by atoms with E-state index in [0.717, 1.165) is 49.4 Å². The summed E-state index contributed by atoms with van der Waals surface area (Å²) in [5.74, 6) is 0. The summed E-state index contributed by atoms with van der Waals surface area (Å²) in [5, 5.41) is 3.39. The molecule has 1 N–H and O–H groups in total. The summed E-state index contributed by atoms with van der Waals surface area (Å²) in [5.41, 5.74) is 2.48. The highest BCUT2D eigenvalue weighted by Crippen LogP contribution is 2.34. The highest BCUT2D eigenvalue weighted by atomic mass is 19.4. The first-order chi connectivity index (χ1) is 12.9. The van der Waals surface area contributed by atoms with Crippen molar-refractivity contribution in [2.45, 2.75) is 18.6 Å². The minimum atomic E-state index is -4.31. The minimum Gasteiger partial charge on any atom is -0.378 e. The number of anilines is 1. The summed E-state index contributed by atoms with van der Waals surface area (Å²) >= 11 is 0. The molecule has 2 aromatic carbocycles. The molecule has 1 fully saturated rings. The van der Waals surface area contributed by atoms with Crippen molar-refractivity contribution in [1.29, 1.82) is 0 Å². The van der Waals surface area contributed by atoms with Gasteiger partial charge >= 0.3 is 6.18 Å². The second kappa shape index (κ2) is 8.31. The highest BCUT2D eigenvalue weighted by molar-refractivity contribution is 5.48. The van der Waals surface area contributed by atoms with Crippen LogP contribution in [0.15, 0.2) is 48.5 Å². The van der Waals surface area contributed by atoms with Crippen molar-refractivity contribution in [3.8, 4) is 0 Å². The fourth-order valence-corrected chi connectivity index (χ4v) is 3.55. The molecule has 1 atom stereocenters. The Hall–Kier alpha value is -2.05. The second-order valence-corrected chi connectivity index (χ2v) is 7.15. The molecule has 0 bridgehead atoms. The number of benzene rings is 2. The molecule has 3 nitrogen and oxygen atoms in total. The number of rotatable bonds is 4. The molecular formula is C21H26F3N3. The van der Waals surface area contributed by atoms with E-state index in [2.05, 4.69) is 34.5 Å². The molecule has 0 spiro atoms. The van der Waals surface area contributed by atoms with Crippen LogP contribution in [0.25, 0.3) is 0 Å². The Morgan fingerprint density at radius 2 is 1.48 bits per heavy atom. The van der Waals surface area contributed by atoms with Gasteiger partial charge in [-0.3, -0.25) is 4.90 Å². The maximum absolute atomic E-state index is 12.9. The largest absolute Gasteiger partial charge is 0.416 e. The van der Waals surface area contributed by atoms with Gasteiger partial charge in [0.1, 0.15) is 0 Å². The maximum Gasteiger partial charge on any atom is 0.416 e. The molecule has 0 saturated carbocycles. The van der Waals surface area contributed by atoms with Crippen molar-refractivity contribution in [3.05, 3.63) is 65.2 Å². The van der Waals surface area contributed by atoms with Crippen LogP contribution in [0.5, 0.6) is 0 Å². The molecule has 146 valence electrons. The molecule has 0 amide bonds. The second-order valence-electron chi connectivity index (χ2n) is 7.15. The maximum atomic E-state index is 12.9. The molecule has 3 rings (SSSR count). The minimum absolute atomic E-state index is 0.0524. The lowest BCUT2D eigenvalue weighted by molar-refractivity contribution is -0.137. The predicted octanol–water partition coefficient (Wildman–Crippen LogP) is 4.16. The standard InChI is InChI=1S/C21H26F3N3/c1-26(2)19-10-6-17(7-11-19)20(27-14-3-12-25-13-15-27)16-4-8-18(9-5-16)21(22,23)24/h4-11,20,25H,3,12-15H2,1-2H3. The molecule has 1 aliphatic heterocycles. The Bertz CT molecular complexity index is 716. The molecule has 27 heavy (non-hydrogen) atoms. The molecule has 1 saturated heterocycles. The van der Waals surface area contributed by atoms with Crippen molar-refractivity contribution in [3.63, 3.8) is 0 Å². The summed E-state index contributed by atoms with van der Waals surface area (Å²) in [4.78, 5) is 4.39. The van der Waals surface area contributed by atoms with Gasteiger partial charge < -0.3 is 10.2 Å². The predicted molar refractivity (Wildman–Crippen MR) is 103 cm³/mol. The van der Waals surface area contributed by atoms with Gasteiger partial charge in [0.25, 0.3) is 0 Å². The molecule has 0 aromatic heterocycles. The number of nitrogens with one attached hydrogen (secondary N) is 1. The summed E-state index contributed by atoms with van der Waals surface area (Å²) in [6.07, 6.45) is -3.29. The van der Waals surface area contributed by atoms with Gasteiger partial charge in [-0.15, -0.1) is 0 Å². The number of hydrogen-bond acceptors (Lipinski definition) is 3. The topological polar surface area (TPSA) is 18.5 Å². The summed E-state index contributed by atoms with van der Waals surface area (Å²) in [6, 6.07) is 13.8. The van der Waals surface area contributed by atoms with E-state index in [1.54, 1.807) is 12.1 Å². The quantitative estimate of drug-likeness (QED) is 0.863. The fraction of sp³-hybridized carbons (Fsp3) is 0.429. The van der Waals surface area contributed by atoms with Crippen LogP contribution in [0, 0.1) is 0 Å². The Balaban J connectivity index is 1.96. The van der Waals surface area contributed by atoms with Gasteiger partial charge in [-0.05, 0) is 48.4 Å². The summed E-state index contributed by atoms with van der Waals surface area (Å²) in [6.45, 7) is 3.62. The van der Waals surface area contributed by atoms with Crippen LogP contribution >= 0.6 is 0 Å². The smallest absolute Gasteiger partial charge is 0.378 e. The first-order valence-electron chi connectivity index (χ1n) is 9.25. The molecule has 1 aliphatic rings. The van der Waals surface area contributed by atoms with E-state index in [-0.39, 0.29) is 6.04 Å². The lowest BCUT2D eigenvalue weighted by Gasteiger charge is -2.32. The van der Waals surface area contributed by atoms with E-state index in [1.165, 1.54) is 12.1 Å². The van der Waals surface area contributed by atoms with Crippen molar-refractivity contribution < 1.29 is 13.2 Å². The molecule has 6 heteroatoms. The summed E-state index contributed by atoms with van der Waals surface area (Å²) in [7, 11) is 3.98. The third-order valence-electron chi connectivity index (χ3n) is 5.02. The SMILES string of the molecule is CN(C)c1ccc(C(c2ccc(C(F)(F)F)cc2)N2CCCNCC2)cc1. The monoisotopic (exact) mass is 377 g/mol. The van der Waals surface area contributed by atoms with E-state index in [9.17, 15) is 13.2 Å². The molecule has 1 heterocycles. The van der Waals surface area contributed by atoms with Crippen molar-refractivity contribution in [1.82, 2.24) is 10.2 Å². The average Bonchev–Trinajstić information content (AvgIpc) is 2.91. The van der Waals surface area contributed by atoms with Gasteiger partial charge in [0, 0.05) is 39.4 Å². The Morgan fingerprint density at radius 3 is 2.04 bits per heavy atom. The average molecular weight is 377 g/mol. The number of nitrogens with zero attached hydrogens (tertiary/aromatic N) is 2. The van der Waals surface area contributed by atoms with E-state index >= 15 is 0 Å². The van der Waals surface area contributed by atoms with Crippen LogP contribution in [0.1, 0.15) is 29.2 Å². The first kappa shape index (κ1) is 19.7. The van der Waals surface area contributed by atoms with Gasteiger partial charge in [-0.1, -0.05) is 24.3 Å². The molecule has 0 aliphatic carbocycles. The van der Waals surface area contributed by atoms with Crippen molar-refractivity contribution in [2.75, 3.05) is 45.2 Å². The molecular weight excluding hydrogens is 351 g/mol. The van der Waals surface area contributed by atoms with Gasteiger partial charge in [0.15, 0.2) is 0 Å². The van der Waals surface area contributed by atoms with Crippen LogP contribution in [-0.4, -0.2) is 45.2 Å². The van der Waals surface area contributed by atoms with Crippen LogP contribution in [0.2, 0.25) is 0 Å². The van der Waals surface area contributed by atoms with Gasteiger partial charge in [-0.2, -0.15) is 13.2 Å². The van der Waals surface area contributed by atoms with Gasteiger partial charge in [-0.25, -0.2) is 0 Å². The van der Waals surface area contributed by atoms with Crippen molar-refractivity contribution >= 4 is 5.69 Å². The van der Waals surface area contributed by atoms with Crippen LogP contribution in [0.3, 0.4) is 0 Å². The van der Waals surface area contributed by atoms with Crippen molar-refractivity contribution in [2.24, 2.45) is 0 Å². The van der Waals surface area contributed by atoms with Crippen LogP contribution in [0.4, 0.5) is 18.9 Å². The van der Waals surface area contributed by atoms with Gasteiger partial charge in [0.05, 0.1) is 11.6 Å². The molecule has 0 radical (unpaired) electrons. The number of alkyl halides is 3.